The zero-order chi connectivity index (χ0) is 9.90. The fourth-order valence-corrected chi connectivity index (χ4v) is 0.886. The van der Waals surface area contributed by atoms with Crippen molar-refractivity contribution in [2.24, 2.45) is 11.3 Å². The van der Waals surface area contributed by atoms with Gasteiger partial charge in [-0.2, -0.15) is 5.26 Å². The van der Waals surface area contributed by atoms with Crippen LogP contribution in [0.15, 0.2) is 0 Å². The van der Waals surface area contributed by atoms with Gasteiger partial charge in [-0.1, -0.05) is 13.8 Å². The molecule has 72 valence electrons. The van der Waals surface area contributed by atoms with Crippen LogP contribution in [-0.2, 0) is 9.63 Å². The summed E-state index contributed by atoms with van der Waals surface area (Å²) in [6, 6.07) is 2.00. The second-order valence-corrected chi connectivity index (χ2v) is 3.83. The third kappa shape index (κ3) is 2.43. The first-order chi connectivity index (χ1) is 6.10. The van der Waals surface area contributed by atoms with E-state index in [2.05, 4.69) is 5.48 Å². The molecule has 1 saturated carbocycles. The summed E-state index contributed by atoms with van der Waals surface area (Å²) in [5.74, 6) is 0.0770. The van der Waals surface area contributed by atoms with Crippen LogP contribution in [0.25, 0.3) is 0 Å². The van der Waals surface area contributed by atoms with Gasteiger partial charge >= 0.3 is 0 Å². The predicted molar refractivity (Wildman–Crippen MR) is 46.2 cm³/mol. The molecule has 0 radical (unpaired) electrons. The number of nitrogens with zero attached hydrogens (tertiary/aromatic N) is 1. The second kappa shape index (κ2) is 3.75. The van der Waals surface area contributed by atoms with Crippen molar-refractivity contribution in [3.63, 3.8) is 0 Å². The summed E-state index contributed by atoms with van der Waals surface area (Å²) in [6.07, 6.45) is 1.31. The molecule has 0 aromatic carbocycles. The molecule has 0 heterocycles. The molecular formula is C9H14N2O2. The molecule has 1 fully saturated rings. The Balaban J connectivity index is 2.23. The van der Waals surface area contributed by atoms with Crippen molar-refractivity contribution in [1.29, 1.82) is 5.26 Å². The third-order valence-corrected chi connectivity index (χ3v) is 1.98. The fraction of sp³-hybridized carbons (Fsp3) is 0.778. The maximum Gasteiger partial charge on any atom is 0.263 e. The van der Waals surface area contributed by atoms with Gasteiger partial charge in [-0.25, -0.2) is 5.48 Å². The van der Waals surface area contributed by atoms with Gasteiger partial charge in [0.15, 0.2) is 0 Å². The van der Waals surface area contributed by atoms with E-state index in [4.69, 9.17) is 10.1 Å². The average Bonchev–Trinajstić information content (AvgIpc) is 2.83. The van der Waals surface area contributed by atoms with Crippen LogP contribution in [0.1, 0.15) is 26.7 Å². The quantitative estimate of drug-likeness (QED) is 0.659. The van der Waals surface area contributed by atoms with Crippen LogP contribution < -0.4 is 5.48 Å². The molecule has 4 nitrogen and oxygen atoms in total. The van der Waals surface area contributed by atoms with E-state index in [9.17, 15) is 4.79 Å². The molecule has 0 aromatic heterocycles. The molecule has 1 N–H and O–H groups in total. The minimum absolute atomic E-state index is 0.296. The van der Waals surface area contributed by atoms with Crippen molar-refractivity contribution in [2.75, 3.05) is 6.61 Å². The largest absolute Gasteiger partial charge is 0.273 e. The van der Waals surface area contributed by atoms with Gasteiger partial charge in [0.2, 0.25) is 0 Å². The number of carbonyl (C=O) groups is 1. The first-order valence-electron chi connectivity index (χ1n) is 4.44. The molecule has 1 aliphatic rings. The Morgan fingerprint density at radius 2 is 2.31 bits per heavy atom. The van der Waals surface area contributed by atoms with Gasteiger partial charge in [-0.15, -0.1) is 0 Å². The molecule has 0 bridgehead atoms. The Morgan fingerprint density at radius 3 is 2.69 bits per heavy atom. The van der Waals surface area contributed by atoms with Crippen molar-refractivity contribution < 1.29 is 9.63 Å². The van der Waals surface area contributed by atoms with Crippen molar-refractivity contribution in [2.45, 2.75) is 26.7 Å². The number of rotatable bonds is 4. The van der Waals surface area contributed by atoms with Crippen LogP contribution >= 0.6 is 0 Å². The number of hydroxylamine groups is 1. The highest BCUT2D eigenvalue weighted by Crippen LogP contribution is 2.44. The molecule has 4 heteroatoms. The second-order valence-electron chi connectivity index (χ2n) is 3.83. The van der Waals surface area contributed by atoms with Gasteiger partial charge in [0.05, 0.1) is 12.7 Å². The highest BCUT2D eigenvalue weighted by Gasteiger charge is 2.50. The van der Waals surface area contributed by atoms with Crippen LogP contribution in [0.4, 0.5) is 0 Å². The molecule has 0 unspecified atom stereocenters. The number of hydrogen-bond acceptors (Lipinski definition) is 3. The number of nitriles is 1. The van der Waals surface area contributed by atoms with Crippen LogP contribution in [0, 0.1) is 22.7 Å². The van der Waals surface area contributed by atoms with Crippen LogP contribution in [0.3, 0.4) is 0 Å². The van der Waals surface area contributed by atoms with Crippen molar-refractivity contribution in [1.82, 2.24) is 5.48 Å². The van der Waals surface area contributed by atoms with Crippen molar-refractivity contribution >= 4 is 5.91 Å². The number of carbonyl (C=O) groups excluding carboxylic acids is 1. The lowest BCUT2D eigenvalue weighted by molar-refractivity contribution is -0.138. The maximum atomic E-state index is 11.3. The normalized spacial score (nSPS) is 18.0. The summed E-state index contributed by atoms with van der Waals surface area (Å²) in [6.45, 7) is 4.46. The minimum atomic E-state index is -0.781. The molecule has 0 aliphatic heterocycles. The SMILES string of the molecule is CC(C)CONC(=O)C1(C#N)CC1. The van der Waals surface area contributed by atoms with E-state index in [1.54, 1.807) is 0 Å². The van der Waals surface area contributed by atoms with Gasteiger partial charge in [-0.3, -0.25) is 9.63 Å². The molecule has 0 spiro atoms. The highest BCUT2D eigenvalue weighted by atomic mass is 16.7. The van der Waals surface area contributed by atoms with E-state index in [1.165, 1.54) is 0 Å². The first-order valence-corrected chi connectivity index (χ1v) is 4.44. The highest BCUT2D eigenvalue weighted by molar-refractivity contribution is 5.87. The molecule has 1 rings (SSSR count). The average molecular weight is 182 g/mol. The summed E-state index contributed by atoms with van der Waals surface area (Å²) >= 11 is 0. The van der Waals surface area contributed by atoms with Gasteiger partial charge in [-0.05, 0) is 18.8 Å². The molecule has 1 aliphatic carbocycles. The summed E-state index contributed by atoms with van der Waals surface area (Å²) in [5.41, 5.74) is 1.53. The lowest BCUT2D eigenvalue weighted by atomic mass is 10.1. The molecule has 1 amide bonds. The zero-order valence-electron chi connectivity index (χ0n) is 7.96. The summed E-state index contributed by atoms with van der Waals surface area (Å²) < 4.78 is 0. The lowest BCUT2D eigenvalue weighted by Crippen LogP contribution is -2.32. The number of hydrogen-bond donors (Lipinski definition) is 1. The Labute approximate surface area is 77.8 Å². The third-order valence-electron chi connectivity index (χ3n) is 1.98. The van der Waals surface area contributed by atoms with Gasteiger partial charge < -0.3 is 0 Å². The molecule has 0 saturated heterocycles. The summed E-state index contributed by atoms with van der Waals surface area (Å²) in [4.78, 5) is 16.2. The minimum Gasteiger partial charge on any atom is -0.273 e. The van der Waals surface area contributed by atoms with Crippen molar-refractivity contribution in [3.05, 3.63) is 0 Å². The molecule has 13 heavy (non-hydrogen) atoms. The maximum absolute atomic E-state index is 11.3. The van der Waals surface area contributed by atoms with E-state index in [0.717, 1.165) is 0 Å². The van der Waals surface area contributed by atoms with E-state index in [0.29, 0.717) is 25.4 Å². The zero-order valence-corrected chi connectivity index (χ0v) is 7.96. The van der Waals surface area contributed by atoms with E-state index >= 15 is 0 Å². The Bertz CT molecular complexity index is 238. The van der Waals surface area contributed by atoms with E-state index in [1.807, 2.05) is 19.9 Å². The van der Waals surface area contributed by atoms with Crippen molar-refractivity contribution in [3.8, 4) is 6.07 Å². The Morgan fingerprint density at radius 1 is 1.69 bits per heavy atom. The first kappa shape index (κ1) is 10.0. The summed E-state index contributed by atoms with van der Waals surface area (Å²) in [7, 11) is 0. The lowest BCUT2D eigenvalue weighted by Gasteiger charge is -2.09. The topological polar surface area (TPSA) is 62.1 Å². The van der Waals surface area contributed by atoms with Gasteiger partial charge in [0.1, 0.15) is 5.41 Å². The van der Waals surface area contributed by atoms with Gasteiger partial charge in [0.25, 0.3) is 5.91 Å². The number of amides is 1. The Hall–Kier alpha value is -1.08. The van der Waals surface area contributed by atoms with E-state index < -0.39 is 5.41 Å². The number of nitrogens with one attached hydrogen (secondary N) is 1. The fourth-order valence-electron chi connectivity index (χ4n) is 0.886. The van der Waals surface area contributed by atoms with Crippen LogP contribution in [0.5, 0.6) is 0 Å². The Kier molecular flexibility index (Phi) is 2.89. The molecular weight excluding hydrogens is 168 g/mol. The smallest absolute Gasteiger partial charge is 0.263 e. The van der Waals surface area contributed by atoms with E-state index in [-0.39, 0.29) is 5.91 Å². The molecule has 0 aromatic rings. The molecule has 0 atom stereocenters. The van der Waals surface area contributed by atoms with Gasteiger partial charge in [0, 0.05) is 0 Å². The summed E-state index contributed by atoms with van der Waals surface area (Å²) in [5, 5.41) is 8.67. The standard InChI is InChI=1S/C9H14N2O2/c1-7(2)5-13-11-8(12)9(6-10)3-4-9/h7H,3-5H2,1-2H3,(H,11,12). The predicted octanol–water partition coefficient (Wildman–Crippen LogP) is 0.994. The van der Waals surface area contributed by atoms with Crippen LogP contribution in [-0.4, -0.2) is 12.5 Å². The van der Waals surface area contributed by atoms with Crippen LogP contribution in [0.2, 0.25) is 0 Å². The monoisotopic (exact) mass is 182 g/mol.